The molecule has 4 aromatic carbocycles. The number of carbonyl (C=O) groups excluding carboxylic acids is 6. The molecule has 0 fully saturated rings. The number of thiazole rings is 2. The summed E-state index contributed by atoms with van der Waals surface area (Å²) >= 11 is 5.88. The van der Waals surface area contributed by atoms with E-state index in [0.29, 0.717) is 36.9 Å². The number of benzene rings is 4. The molecule has 4 amide bonds. The monoisotopic (exact) mass is 1120 g/mol. The SMILES string of the molecule is CN(C)S(=O)(=O)c1cccc(C(=O)NCC(=O)Cc2nc(Br)cs2)c1.CNC(=O)c1cccc(-c2csc(CC(=O)CNC(=O)c3cccc(S(=O)(=O)N(C)C)c3)n2)c1.CNC(=O)c1cccc(B(O)O)c1. The summed E-state index contributed by atoms with van der Waals surface area (Å²) in [5.74, 6) is -1.94. The topological polar surface area (TPSA) is 292 Å². The molecule has 26 heteroatoms. The molecular weight excluding hydrogens is 1080 g/mol. The van der Waals surface area contributed by atoms with Gasteiger partial charge in [0.05, 0.1) is 41.4 Å². The highest BCUT2D eigenvalue weighted by molar-refractivity contribution is 9.10. The Balaban J connectivity index is 0.000000258. The lowest BCUT2D eigenvalue weighted by atomic mass is 9.79. The van der Waals surface area contributed by atoms with Crippen molar-refractivity contribution in [1.29, 1.82) is 0 Å². The minimum atomic E-state index is -3.68. The van der Waals surface area contributed by atoms with E-state index in [1.165, 1.54) is 119 Å². The molecule has 2 aromatic heterocycles. The largest absolute Gasteiger partial charge is 0.488 e. The van der Waals surface area contributed by atoms with Crippen molar-refractivity contribution in [1.82, 2.24) is 39.8 Å². The molecule has 0 bridgehead atoms. The molecule has 6 rings (SSSR count). The molecule has 0 aliphatic carbocycles. The summed E-state index contributed by atoms with van der Waals surface area (Å²) < 4.78 is 51.5. The van der Waals surface area contributed by atoms with Crippen LogP contribution in [-0.4, -0.2) is 143 Å². The number of nitrogens with one attached hydrogen (secondary N) is 4. The van der Waals surface area contributed by atoms with Crippen LogP contribution in [0, 0.1) is 0 Å². The number of halogens is 1. The molecule has 0 unspecified atom stereocenters. The first-order valence-electron chi connectivity index (χ1n) is 21.2. The van der Waals surface area contributed by atoms with Crippen molar-refractivity contribution in [3.05, 3.63) is 145 Å². The predicted octanol–water partition coefficient (Wildman–Crippen LogP) is 2.39. The lowest BCUT2D eigenvalue weighted by Crippen LogP contribution is -2.31. The molecule has 72 heavy (non-hydrogen) atoms. The van der Waals surface area contributed by atoms with Crippen LogP contribution in [0.4, 0.5) is 0 Å². The van der Waals surface area contributed by atoms with Crippen molar-refractivity contribution in [3.63, 3.8) is 0 Å². The zero-order valence-corrected chi connectivity index (χ0v) is 44.4. The van der Waals surface area contributed by atoms with Gasteiger partial charge in [-0.25, -0.2) is 35.4 Å². The number of carbonyl (C=O) groups is 6. The van der Waals surface area contributed by atoms with Crippen molar-refractivity contribution >= 4 is 106 Å². The summed E-state index contributed by atoms with van der Waals surface area (Å²) in [5, 5.41) is 32.5. The summed E-state index contributed by atoms with van der Waals surface area (Å²) in [5.41, 5.74) is 2.96. The van der Waals surface area contributed by atoms with Gasteiger partial charge in [0.25, 0.3) is 23.6 Å². The normalized spacial score (nSPS) is 11.0. The van der Waals surface area contributed by atoms with Gasteiger partial charge in [-0.2, -0.15) is 0 Å². The smallest absolute Gasteiger partial charge is 0.423 e. The molecule has 0 radical (unpaired) electrons. The molecule has 0 aliphatic rings. The maximum atomic E-state index is 12.4. The maximum absolute atomic E-state index is 12.4. The summed E-state index contributed by atoms with van der Waals surface area (Å²) in [6.07, 6.45) is 0.167. The number of ketones is 2. The minimum absolute atomic E-state index is 0.00715. The fraction of sp³-hybridized carbons (Fsp3) is 0.217. The fourth-order valence-electron chi connectivity index (χ4n) is 5.88. The third-order valence-corrected chi connectivity index (χ3v) is 15.8. The summed E-state index contributed by atoms with van der Waals surface area (Å²) in [4.78, 5) is 80.4. The molecule has 0 aliphatic heterocycles. The van der Waals surface area contributed by atoms with Gasteiger partial charge in [-0.05, 0) is 82.1 Å². The van der Waals surface area contributed by atoms with E-state index >= 15 is 0 Å². The first kappa shape index (κ1) is 58.2. The first-order valence-corrected chi connectivity index (χ1v) is 26.6. The number of hydrogen-bond acceptors (Lipinski definition) is 16. The van der Waals surface area contributed by atoms with Gasteiger partial charge in [0, 0.05) is 80.9 Å². The molecular formula is C46H50BBrN8O12S4. The van der Waals surface area contributed by atoms with Crippen LogP contribution in [0.5, 0.6) is 0 Å². The Kier molecular flexibility index (Phi) is 21.8. The van der Waals surface area contributed by atoms with Gasteiger partial charge in [0.15, 0.2) is 11.6 Å². The molecule has 0 saturated carbocycles. The van der Waals surface area contributed by atoms with Crippen LogP contribution in [-0.2, 0) is 42.5 Å². The standard InChI is InChI=1S/C23H24N4O5S2.C15H16BrN3O4S2.C8H10BNO3/c1-24-22(29)16-7-4-6-15(10-16)20-14-33-21(26-20)12-18(28)13-25-23(30)17-8-5-9-19(11-17)34(31,32)27(2)3;1-19(2)25(22,23)12-5-3-4-10(6-12)15(21)17-8-11(20)7-14-18-13(16)9-24-14;1-10-8(11)6-3-2-4-7(5-6)9(12)13/h4-11,14H,12-13H2,1-3H3,(H,24,29)(H,25,30);3-6,9H,7-8H2,1-2H3,(H,17,21);2-5,12-13H,1H3,(H,10,11). The van der Waals surface area contributed by atoms with E-state index in [9.17, 15) is 45.6 Å². The Hall–Kier alpha value is -6.36. The van der Waals surface area contributed by atoms with E-state index in [1.807, 2.05) is 6.07 Å². The Morgan fingerprint density at radius 2 is 1.00 bits per heavy atom. The average molecular weight is 1130 g/mol. The molecule has 20 nitrogen and oxygen atoms in total. The van der Waals surface area contributed by atoms with E-state index in [4.69, 9.17) is 10.0 Å². The molecule has 6 N–H and O–H groups in total. The third kappa shape index (κ3) is 16.9. The second kappa shape index (κ2) is 26.9. The van der Waals surface area contributed by atoms with Crippen LogP contribution < -0.4 is 26.7 Å². The van der Waals surface area contributed by atoms with Crippen LogP contribution >= 0.6 is 38.6 Å². The van der Waals surface area contributed by atoms with Crippen LogP contribution in [0.25, 0.3) is 11.3 Å². The van der Waals surface area contributed by atoms with Crippen LogP contribution in [0.2, 0.25) is 0 Å². The Morgan fingerprint density at radius 1 is 0.583 bits per heavy atom. The van der Waals surface area contributed by atoms with E-state index in [2.05, 4.69) is 47.2 Å². The predicted molar refractivity (Wildman–Crippen MR) is 277 cm³/mol. The quantitative estimate of drug-likeness (QED) is 0.0675. The van der Waals surface area contributed by atoms with Gasteiger partial charge in [0.2, 0.25) is 20.0 Å². The van der Waals surface area contributed by atoms with E-state index in [-0.39, 0.29) is 70.2 Å². The van der Waals surface area contributed by atoms with Gasteiger partial charge in [-0.3, -0.25) is 28.8 Å². The first-order chi connectivity index (χ1) is 34.0. The van der Waals surface area contributed by atoms with Crippen LogP contribution in [0.1, 0.15) is 51.4 Å². The second-order valence-corrected chi connectivity index (χ2v) is 22.4. The third-order valence-electron chi connectivity index (χ3n) is 9.74. The van der Waals surface area contributed by atoms with Gasteiger partial charge < -0.3 is 31.3 Å². The van der Waals surface area contributed by atoms with Crippen LogP contribution in [0.15, 0.2) is 122 Å². The number of rotatable bonds is 18. The van der Waals surface area contributed by atoms with Crippen molar-refractivity contribution < 1.29 is 55.7 Å². The molecule has 0 saturated heterocycles. The van der Waals surface area contributed by atoms with E-state index in [0.717, 1.165) is 14.2 Å². The molecule has 0 spiro atoms. The zero-order chi connectivity index (χ0) is 53.3. The highest BCUT2D eigenvalue weighted by Crippen LogP contribution is 2.24. The number of sulfonamides is 2. The minimum Gasteiger partial charge on any atom is -0.423 e. The average Bonchev–Trinajstić information content (AvgIpc) is 4.02. The molecule has 2 heterocycles. The summed E-state index contributed by atoms with van der Waals surface area (Å²) in [6, 6.07) is 24.5. The van der Waals surface area contributed by atoms with Crippen molar-refractivity contribution in [2.75, 3.05) is 55.4 Å². The number of hydrogen-bond donors (Lipinski definition) is 6. The lowest BCUT2D eigenvalue weighted by Gasteiger charge is -2.12. The van der Waals surface area contributed by atoms with Gasteiger partial charge in [0.1, 0.15) is 14.6 Å². The summed E-state index contributed by atoms with van der Waals surface area (Å²) in [6.45, 7) is -0.370. The molecule has 380 valence electrons. The van der Waals surface area contributed by atoms with E-state index in [1.54, 1.807) is 48.1 Å². The number of aromatic nitrogens is 2. The highest BCUT2D eigenvalue weighted by atomic mass is 79.9. The van der Waals surface area contributed by atoms with E-state index < -0.39 is 39.0 Å². The molecule has 6 aromatic rings. The Labute approximate surface area is 433 Å². The number of amides is 4. The summed E-state index contributed by atoms with van der Waals surface area (Å²) in [7, 11) is -0.125. The Bertz CT molecular complexity index is 3150. The van der Waals surface area contributed by atoms with Crippen molar-refractivity contribution in [2.45, 2.75) is 22.6 Å². The van der Waals surface area contributed by atoms with Gasteiger partial charge in [-0.15, -0.1) is 22.7 Å². The molecule has 0 atom stereocenters. The van der Waals surface area contributed by atoms with Crippen molar-refractivity contribution in [3.8, 4) is 11.3 Å². The fourth-order valence-corrected chi connectivity index (χ4v) is 9.91. The maximum Gasteiger partial charge on any atom is 0.488 e. The zero-order valence-electron chi connectivity index (χ0n) is 39.6. The lowest BCUT2D eigenvalue weighted by molar-refractivity contribution is -0.118. The van der Waals surface area contributed by atoms with Crippen molar-refractivity contribution in [2.24, 2.45) is 0 Å². The van der Waals surface area contributed by atoms with Gasteiger partial charge in [-0.1, -0.05) is 36.4 Å². The van der Waals surface area contributed by atoms with Gasteiger partial charge >= 0.3 is 7.12 Å². The van der Waals surface area contributed by atoms with Crippen LogP contribution in [0.3, 0.4) is 0 Å². The highest BCUT2D eigenvalue weighted by Gasteiger charge is 2.21. The number of Topliss-reactive ketones (excluding diaryl/α,β-unsaturated/α-hetero) is 2. The Morgan fingerprint density at radius 3 is 1.43 bits per heavy atom. The number of nitrogens with zero attached hydrogens (tertiary/aromatic N) is 4. The second-order valence-electron chi connectivity index (χ2n) is 15.4.